The highest BCUT2D eigenvalue weighted by atomic mass is 16.3. The number of carbonyl (C=O) groups is 1. The number of hydrogen-bond acceptors (Lipinski definition) is 7. The number of aromatic hydroxyl groups is 1. The first-order valence-electron chi connectivity index (χ1n) is 10.7. The molecule has 0 aliphatic heterocycles. The van der Waals surface area contributed by atoms with Crippen molar-refractivity contribution in [2.75, 3.05) is 11.1 Å². The predicted octanol–water partition coefficient (Wildman–Crippen LogP) is 1.93. The number of phenols is 1. The molecule has 2 aromatic carbocycles. The smallest absolute Gasteiger partial charge is 0.294 e. The molecule has 8 N–H and O–H groups in total. The minimum Gasteiger partial charge on any atom is -0.507 e. The van der Waals surface area contributed by atoms with Gasteiger partial charge in [0.2, 0.25) is 5.91 Å². The van der Waals surface area contributed by atoms with Gasteiger partial charge in [0.25, 0.3) is 5.56 Å². The van der Waals surface area contributed by atoms with Crippen LogP contribution in [-0.2, 0) is 17.9 Å². The number of nitrogens with zero attached hydrogens (tertiary/aromatic N) is 2. The molecule has 1 heterocycles. The van der Waals surface area contributed by atoms with Crippen LogP contribution in [0.15, 0.2) is 47.4 Å². The molecular weight excluding hydrogens is 434 g/mol. The number of nitrogens with two attached hydrogens (primary N) is 2. The molecule has 0 spiro atoms. The first kappa shape index (κ1) is 24.3. The van der Waals surface area contributed by atoms with Crippen LogP contribution in [0.25, 0.3) is 11.3 Å². The number of nitrogens with one attached hydrogen (secondary N) is 3. The molecule has 3 aromatic rings. The molecule has 0 bridgehead atoms. The van der Waals surface area contributed by atoms with Crippen molar-refractivity contribution in [3.63, 3.8) is 0 Å². The number of nitrogen functional groups attached to an aromatic ring is 2. The van der Waals surface area contributed by atoms with Crippen LogP contribution in [0.4, 0.5) is 11.5 Å². The van der Waals surface area contributed by atoms with Crippen LogP contribution in [0, 0.1) is 12.3 Å². The van der Waals surface area contributed by atoms with Gasteiger partial charge in [0.15, 0.2) is 5.82 Å². The number of anilines is 2. The number of phenolic OH excluding ortho intramolecular Hbond substituents is 1. The Kier molecular flexibility index (Phi) is 7.20. The van der Waals surface area contributed by atoms with E-state index in [0.29, 0.717) is 22.5 Å². The van der Waals surface area contributed by atoms with E-state index in [1.165, 1.54) is 16.7 Å². The van der Waals surface area contributed by atoms with E-state index in [9.17, 15) is 14.7 Å². The van der Waals surface area contributed by atoms with E-state index in [1.54, 1.807) is 18.3 Å². The Labute approximate surface area is 197 Å². The van der Waals surface area contributed by atoms with Crippen LogP contribution < -0.4 is 27.7 Å². The van der Waals surface area contributed by atoms with Crippen molar-refractivity contribution in [3.05, 3.63) is 69.6 Å². The summed E-state index contributed by atoms with van der Waals surface area (Å²) in [4.78, 5) is 30.3. The van der Waals surface area contributed by atoms with E-state index in [4.69, 9.17) is 16.9 Å². The minimum atomic E-state index is -0.426. The van der Waals surface area contributed by atoms with Gasteiger partial charge >= 0.3 is 0 Å². The van der Waals surface area contributed by atoms with Crippen LogP contribution in [0.5, 0.6) is 5.75 Å². The maximum absolute atomic E-state index is 13.2. The molecule has 34 heavy (non-hydrogen) atoms. The maximum atomic E-state index is 13.2. The summed E-state index contributed by atoms with van der Waals surface area (Å²) in [5, 5.41) is 23.2. The average molecular weight is 464 g/mol. The molecule has 0 saturated carbocycles. The Morgan fingerprint density at radius 2 is 1.97 bits per heavy atom. The number of aryl methyl sites for hydroxylation is 1. The van der Waals surface area contributed by atoms with Crippen molar-refractivity contribution in [1.82, 2.24) is 14.9 Å². The molecular formula is C24H29N7O3. The highest BCUT2D eigenvalue weighted by Gasteiger charge is 2.16. The second-order valence-electron chi connectivity index (χ2n) is 8.36. The predicted molar refractivity (Wildman–Crippen MR) is 133 cm³/mol. The van der Waals surface area contributed by atoms with Gasteiger partial charge < -0.3 is 27.2 Å². The van der Waals surface area contributed by atoms with Crippen molar-refractivity contribution < 1.29 is 9.90 Å². The number of aromatic nitrogens is 2. The van der Waals surface area contributed by atoms with Gasteiger partial charge in [-0.2, -0.15) is 0 Å². The molecule has 0 saturated heterocycles. The number of amidine groups is 1. The molecule has 10 nitrogen and oxygen atoms in total. The van der Waals surface area contributed by atoms with E-state index in [0.717, 1.165) is 5.56 Å². The molecule has 1 amide bonds. The summed E-state index contributed by atoms with van der Waals surface area (Å²) in [5.41, 5.74) is 14.4. The van der Waals surface area contributed by atoms with E-state index in [-0.39, 0.29) is 42.1 Å². The van der Waals surface area contributed by atoms with Crippen molar-refractivity contribution in [1.29, 1.82) is 5.41 Å². The quantitative estimate of drug-likeness (QED) is 0.168. The summed E-state index contributed by atoms with van der Waals surface area (Å²) in [6.07, 6.45) is 1.55. The van der Waals surface area contributed by atoms with Crippen molar-refractivity contribution in [2.45, 2.75) is 39.9 Å². The zero-order valence-corrected chi connectivity index (χ0v) is 19.3. The van der Waals surface area contributed by atoms with E-state index >= 15 is 0 Å². The zero-order valence-electron chi connectivity index (χ0n) is 19.3. The molecule has 0 radical (unpaired) electrons. The molecule has 178 valence electrons. The summed E-state index contributed by atoms with van der Waals surface area (Å²) < 4.78 is 1.36. The lowest BCUT2D eigenvalue weighted by Gasteiger charge is -2.17. The van der Waals surface area contributed by atoms with Gasteiger partial charge in [-0.3, -0.25) is 19.6 Å². The molecule has 0 aliphatic rings. The van der Waals surface area contributed by atoms with Gasteiger partial charge in [-0.25, -0.2) is 4.98 Å². The van der Waals surface area contributed by atoms with Gasteiger partial charge in [0.1, 0.15) is 18.1 Å². The molecule has 3 rings (SSSR count). The SMILES string of the molecule is Cc1cc(N)cc(-c2cnc(NC(C)C)c(=O)n2CC(=O)NCc2ccc(C(=N)N)c(O)c2)c1. The minimum absolute atomic E-state index is 0.0198. The summed E-state index contributed by atoms with van der Waals surface area (Å²) in [7, 11) is 0. The lowest BCUT2D eigenvalue weighted by Crippen LogP contribution is -2.35. The average Bonchev–Trinajstić information content (AvgIpc) is 2.74. The first-order valence-corrected chi connectivity index (χ1v) is 10.7. The Morgan fingerprint density at radius 3 is 2.59 bits per heavy atom. The standard InChI is InChI=1S/C24H29N7O3/c1-13(2)30-23-24(34)31(19(11-29-23)16-6-14(3)7-17(25)9-16)12-21(33)28-10-15-4-5-18(22(26)27)20(32)8-15/h4-9,11,13,32H,10,12,25H2,1-3H3,(H3,26,27)(H,28,33)(H,29,30). The van der Waals surface area contributed by atoms with Gasteiger partial charge in [0, 0.05) is 23.8 Å². The van der Waals surface area contributed by atoms with E-state index in [2.05, 4.69) is 15.6 Å². The van der Waals surface area contributed by atoms with Gasteiger partial charge in [-0.05, 0) is 62.2 Å². The summed E-state index contributed by atoms with van der Waals surface area (Å²) >= 11 is 0. The van der Waals surface area contributed by atoms with Crippen LogP contribution in [-0.4, -0.2) is 32.4 Å². The van der Waals surface area contributed by atoms with Crippen LogP contribution in [0.3, 0.4) is 0 Å². The lowest BCUT2D eigenvalue weighted by atomic mass is 10.1. The zero-order chi connectivity index (χ0) is 25.0. The highest BCUT2D eigenvalue weighted by Crippen LogP contribution is 2.23. The van der Waals surface area contributed by atoms with Crippen molar-refractivity contribution in [3.8, 4) is 17.0 Å². The largest absolute Gasteiger partial charge is 0.507 e. The fourth-order valence-electron chi connectivity index (χ4n) is 3.52. The number of hydrogen-bond donors (Lipinski definition) is 6. The molecule has 10 heteroatoms. The van der Waals surface area contributed by atoms with E-state index in [1.807, 2.05) is 32.9 Å². The molecule has 0 aliphatic carbocycles. The normalized spacial score (nSPS) is 10.8. The van der Waals surface area contributed by atoms with Crippen LogP contribution >= 0.6 is 0 Å². The van der Waals surface area contributed by atoms with Gasteiger partial charge in [-0.1, -0.05) is 6.07 Å². The maximum Gasteiger partial charge on any atom is 0.294 e. The third kappa shape index (κ3) is 5.71. The molecule has 1 aromatic heterocycles. The van der Waals surface area contributed by atoms with E-state index < -0.39 is 11.5 Å². The molecule has 0 fully saturated rings. The second kappa shape index (κ2) is 10.1. The third-order valence-electron chi connectivity index (χ3n) is 5.02. The number of benzene rings is 2. The Bertz CT molecular complexity index is 1280. The fraction of sp³-hybridized carbons (Fsp3) is 0.250. The van der Waals surface area contributed by atoms with Crippen LogP contribution in [0.1, 0.15) is 30.5 Å². The molecule has 0 unspecified atom stereocenters. The van der Waals surface area contributed by atoms with Gasteiger partial charge in [-0.15, -0.1) is 0 Å². The third-order valence-corrected chi connectivity index (χ3v) is 5.02. The first-order chi connectivity index (χ1) is 16.0. The van der Waals surface area contributed by atoms with Gasteiger partial charge in [0.05, 0.1) is 17.5 Å². The topological polar surface area (TPSA) is 172 Å². The fourth-order valence-corrected chi connectivity index (χ4v) is 3.52. The summed E-state index contributed by atoms with van der Waals surface area (Å²) in [6, 6.07) is 9.99. The van der Waals surface area contributed by atoms with Crippen molar-refractivity contribution >= 4 is 23.2 Å². The second-order valence-corrected chi connectivity index (χ2v) is 8.36. The molecule has 0 atom stereocenters. The highest BCUT2D eigenvalue weighted by molar-refractivity contribution is 5.97. The van der Waals surface area contributed by atoms with Crippen LogP contribution in [0.2, 0.25) is 0 Å². The summed E-state index contributed by atoms with van der Waals surface area (Å²) in [6.45, 7) is 5.55. The lowest BCUT2D eigenvalue weighted by molar-refractivity contribution is -0.121. The van der Waals surface area contributed by atoms with Crippen molar-refractivity contribution in [2.24, 2.45) is 5.73 Å². The summed E-state index contributed by atoms with van der Waals surface area (Å²) in [5.74, 6) is -0.647. The Morgan fingerprint density at radius 1 is 1.24 bits per heavy atom. The Balaban J connectivity index is 1.89. The number of amides is 1. The number of rotatable bonds is 8. The number of carbonyl (C=O) groups excluding carboxylic acids is 1. The Hall–Kier alpha value is -4.34. The monoisotopic (exact) mass is 463 g/mol.